The predicted molar refractivity (Wildman–Crippen MR) is 131 cm³/mol. The average Bonchev–Trinajstić information content (AvgIpc) is 3.28. The van der Waals surface area contributed by atoms with Crippen molar-refractivity contribution in [3.05, 3.63) is 83.4 Å². The number of hydrogen-bond donors (Lipinski definition) is 2. The molecule has 166 valence electrons. The lowest BCUT2D eigenvalue weighted by atomic mass is 9.96. The monoisotopic (exact) mass is 447 g/mol. The van der Waals surface area contributed by atoms with E-state index in [1.165, 1.54) is 17.0 Å². The number of carbonyl (C=O) groups excluding carboxylic acids is 1. The fourth-order valence-electron chi connectivity index (χ4n) is 4.57. The molecule has 1 aromatic carbocycles. The van der Waals surface area contributed by atoms with Gasteiger partial charge in [0.25, 0.3) is 0 Å². The molecule has 0 bridgehead atoms. The molecule has 0 spiro atoms. The van der Waals surface area contributed by atoms with Gasteiger partial charge in [-0.1, -0.05) is 24.3 Å². The second kappa shape index (κ2) is 9.53. The van der Waals surface area contributed by atoms with Crippen molar-refractivity contribution in [1.29, 1.82) is 0 Å². The summed E-state index contributed by atoms with van der Waals surface area (Å²) in [5.74, 6) is -0.0296. The van der Waals surface area contributed by atoms with E-state index >= 15 is 0 Å². The smallest absolute Gasteiger partial charge is 0.226 e. The van der Waals surface area contributed by atoms with E-state index in [0.29, 0.717) is 18.1 Å². The minimum atomic E-state index is -0.0771. The van der Waals surface area contributed by atoms with E-state index in [9.17, 15) is 4.79 Å². The molecule has 1 amide bonds. The van der Waals surface area contributed by atoms with Gasteiger partial charge in [-0.25, -0.2) is 0 Å². The van der Waals surface area contributed by atoms with Crippen molar-refractivity contribution in [2.24, 2.45) is 0 Å². The third-order valence-electron chi connectivity index (χ3n) is 6.08. The van der Waals surface area contributed by atoms with Gasteiger partial charge in [0.1, 0.15) is 0 Å². The van der Waals surface area contributed by atoms with E-state index in [-0.39, 0.29) is 18.0 Å². The zero-order valence-corrected chi connectivity index (χ0v) is 19.5. The molecule has 2 N–H and O–H groups in total. The van der Waals surface area contributed by atoms with Gasteiger partial charge in [-0.2, -0.15) is 0 Å². The first kappa shape index (κ1) is 22.0. The van der Waals surface area contributed by atoms with Gasteiger partial charge in [0, 0.05) is 42.8 Å². The van der Waals surface area contributed by atoms with Gasteiger partial charge < -0.3 is 20.1 Å². The lowest BCUT2D eigenvalue weighted by Gasteiger charge is -2.28. The van der Waals surface area contributed by atoms with Crippen LogP contribution >= 0.6 is 12.2 Å². The Morgan fingerprint density at radius 1 is 1.16 bits per heavy atom. The summed E-state index contributed by atoms with van der Waals surface area (Å²) in [6.45, 7) is 7.88. The lowest BCUT2D eigenvalue weighted by Crippen LogP contribution is -2.32. The fraction of sp³-hybridized carbons (Fsp3) is 0.320. The highest BCUT2D eigenvalue weighted by Gasteiger charge is 2.41. The number of pyridine rings is 1. The van der Waals surface area contributed by atoms with E-state index < -0.39 is 0 Å². The molecule has 4 rings (SSSR count). The molecule has 0 radical (unpaired) electrons. The number of benzene rings is 1. The molecular weight excluding hydrogens is 418 g/mol. The van der Waals surface area contributed by atoms with Crippen molar-refractivity contribution >= 4 is 28.9 Å². The summed E-state index contributed by atoms with van der Waals surface area (Å²) < 4.78 is 2.31. The van der Waals surface area contributed by atoms with E-state index in [0.717, 1.165) is 17.9 Å². The van der Waals surface area contributed by atoms with Crippen molar-refractivity contribution < 1.29 is 4.79 Å². The highest BCUT2D eigenvalue weighted by atomic mass is 32.1. The maximum atomic E-state index is 12.6. The Labute approximate surface area is 194 Å². The molecule has 0 saturated carbocycles. The minimum Gasteiger partial charge on any atom is -0.352 e. The van der Waals surface area contributed by atoms with E-state index in [2.05, 4.69) is 51.9 Å². The van der Waals surface area contributed by atoms with Crippen LogP contribution < -0.4 is 10.6 Å². The first-order chi connectivity index (χ1) is 15.5. The molecule has 1 saturated heterocycles. The van der Waals surface area contributed by atoms with Crippen molar-refractivity contribution in [1.82, 2.24) is 19.8 Å². The zero-order valence-electron chi connectivity index (χ0n) is 18.7. The van der Waals surface area contributed by atoms with Gasteiger partial charge in [-0.05, 0) is 68.9 Å². The van der Waals surface area contributed by atoms with Crippen LogP contribution in [0.2, 0.25) is 0 Å². The first-order valence-corrected chi connectivity index (χ1v) is 11.4. The number of aryl methyl sites for hydroxylation is 1. The van der Waals surface area contributed by atoms with Crippen LogP contribution in [0.25, 0.3) is 0 Å². The maximum absolute atomic E-state index is 12.6. The standard InChI is InChI=1S/C25H29N5OS/c1-4-29-17(2)16-20(18(29)3)24-23(21-12-8-9-14-26-21)28-25(32)30(24)15-13-22(31)27-19-10-6-5-7-11-19/h5-12,14,16,23-24H,4,13,15H2,1-3H3,(H,27,31)(H,28,32)/t23-,24-/m1/s1. The summed E-state index contributed by atoms with van der Waals surface area (Å²) in [7, 11) is 0. The quantitative estimate of drug-likeness (QED) is 0.522. The molecule has 0 unspecified atom stereocenters. The number of nitrogens with one attached hydrogen (secondary N) is 2. The molecule has 2 atom stereocenters. The number of para-hydroxylation sites is 1. The molecule has 32 heavy (non-hydrogen) atoms. The fourth-order valence-corrected chi connectivity index (χ4v) is 4.90. The Hall–Kier alpha value is -3.19. The van der Waals surface area contributed by atoms with Gasteiger partial charge in [-0.3, -0.25) is 9.78 Å². The third kappa shape index (κ3) is 4.39. The Bertz CT molecular complexity index is 1100. The van der Waals surface area contributed by atoms with Gasteiger partial charge in [0.05, 0.1) is 17.8 Å². The minimum absolute atomic E-state index is 0.0296. The average molecular weight is 448 g/mol. The molecule has 3 aromatic rings. The highest BCUT2D eigenvalue weighted by molar-refractivity contribution is 7.80. The predicted octanol–water partition coefficient (Wildman–Crippen LogP) is 4.52. The molecule has 1 fully saturated rings. The first-order valence-electron chi connectivity index (χ1n) is 11.0. The van der Waals surface area contributed by atoms with Crippen LogP contribution in [0.3, 0.4) is 0 Å². The summed E-state index contributed by atoms with van der Waals surface area (Å²) in [6, 6.07) is 17.6. The number of nitrogens with zero attached hydrogens (tertiary/aromatic N) is 3. The number of carbonyl (C=O) groups is 1. The van der Waals surface area contributed by atoms with Crippen molar-refractivity contribution in [3.63, 3.8) is 0 Å². The topological polar surface area (TPSA) is 62.2 Å². The second-order valence-electron chi connectivity index (χ2n) is 8.05. The van der Waals surface area contributed by atoms with E-state index in [1.807, 2.05) is 54.7 Å². The number of aromatic nitrogens is 2. The maximum Gasteiger partial charge on any atom is 0.226 e. The summed E-state index contributed by atoms with van der Waals surface area (Å²) in [5, 5.41) is 7.09. The third-order valence-corrected chi connectivity index (χ3v) is 6.44. The van der Waals surface area contributed by atoms with Crippen LogP contribution in [0.4, 0.5) is 5.69 Å². The van der Waals surface area contributed by atoms with Crippen molar-refractivity contribution in [2.45, 2.75) is 45.8 Å². The number of thiocarbonyl (C=S) groups is 1. The van der Waals surface area contributed by atoms with E-state index in [1.54, 1.807) is 0 Å². The lowest BCUT2D eigenvalue weighted by molar-refractivity contribution is -0.116. The Kier molecular flexibility index (Phi) is 6.55. The van der Waals surface area contributed by atoms with Crippen LogP contribution in [0, 0.1) is 13.8 Å². The molecule has 0 aliphatic carbocycles. The molecule has 1 aliphatic rings. The highest BCUT2D eigenvalue weighted by Crippen LogP contribution is 2.40. The summed E-state index contributed by atoms with van der Waals surface area (Å²) in [6.07, 6.45) is 2.15. The van der Waals surface area contributed by atoms with Gasteiger partial charge in [0.2, 0.25) is 5.91 Å². The SMILES string of the molecule is CCn1c(C)cc([C@@H]2[C@@H](c3ccccn3)NC(=S)N2CCC(=O)Nc2ccccc2)c1C. The van der Waals surface area contributed by atoms with Crippen LogP contribution in [0.15, 0.2) is 60.8 Å². The van der Waals surface area contributed by atoms with Gasteiger partial charge in [-0.15, -0.1) is 0 Å². The molecule has 7 heteroatoms. The van der Waals surface area contributed by atoms with Crippen LogP contribution in [-0.4, -0.2) is 32.0 Å². The largest absolute Gasteiger partial charge is 0.352 e. The number of hydrogen-bond acceptors (Lipinski definition) is 3. The summed E-state index contributed by atoms with van der Waals surface area (Å²) in [5.41, 5.74) is 5.41. The zero-order chi connectivity index (χ0) is 22.7. The Morgan fingerprint density at radius 3 is 2.56 bits per heavy atom. The molecular formula is C25H29N5OS. The number of anilines is 1. The normalized spacial score (nSPS) is 18.0. The molecule has 6 nitrogen and oxygen atoms in total. The van der Waals surface area contributed by atoms with Crippen molar-refractivity contribution in [3.8, 4) is 0 Å². The molecule has 2 aromatic heterocycles. The van der Waals surface area contributed by atoms with Gasteiger partial charge >= 0.3 is 0 Å². The number of amides is 1. The van der Waals surface area contributed by atoms with Crippen LogP contribution in [-0.2, 0) is 11.3 Å². The van der Waals surface area contributed by atoms with Crippen molar-refractivity contribution in [2.75, 3.05) is 11.9 Å². The van der Waals surface area contributed by atoms with E-state index in [4.69, 9.17) is 12.2 Å². The summed E-state index contributed by atoms with van der Waals surface area (Å²) in [4.78, 5) is 19.4. The van der Waals surface area contributed by atoms with Crippen LogP contribution in [0.1, 0.15) is 48.1 Å². The Morgan fingerprint density at radius 2 is 1.91 bits per heavy atom. The summed E-state index contributed by atoms with van der Waals surface area (Å²) >= 11 is 5.74. The second-order valence-corrected chi connectivity index (χ2v) is 8.44. The van der Waals surface area contributed by atoms with Crippen LogP contribution in [0.5, 0.6) is 0 Å². The molecule has 1 aliphatic heterocycles. The Balaban J connectivity index is 1.61. The molecule has 3 heterocycles. The van der Waals surface area contributed by atoms with Gasteiger partial charge in [0.15, 0.2) is 5.11 Å². The number of rotatable bonds is 7.